The summed E-state index contributed by atoms with van der Waals surface area (Å²) in [6.45, 7) is 12.1. The minimum Gasteiger partial charge on any atom is -0.619 e. The summed E-state index contributed by atoms with van der Waals surface area (Å²) in [5.41, 5.74) is 10.1. The van der Waals surface area contributed by atoms with Crippen molar-refractivity contribution in [3.8, 4) is 0 Å². The molecule has 0 saturated carbocycles. The van der Waals surface area contributed by atoms with Crippen molar-refractivity contribution in [3.63, 3.8) is 0 Å². The molecule has 2 aliphatic heterocycles. The molecule has 2 aromatic rings. The monoisotopic (exact) mass is 438 g/mol. The van der Waals surface area contributed by atoms with Gasteiger partial charge in [0.05, 0.1) is 11.2 Å². The predicted molar refractivity (Wildman–Crippen MR) is 106 cm³/mol. The number of rotatable bonds is 3. The van der Waals surface area contributed by atoms with Crippen LogP contribution in [0.3, 0.4) is 0 Å². The average molecular weight is 438 g/mol. The van der Waals surface area contributed by atoms with E-state index in [0.717, 1.165) is 29.8 Å². The van der Waals surface area contributed by atoms with Crippen molar-refractivity contribution >= 4 is 18.3 Å². The molecule has 4 rings (SSSR count). The molecule has 0 unspecified atom stereocenters. The molecule has 139 valence electrons. The first-order chi connectivity index (χ1) is 12.3. The van der Waals surface area contributed by atoms with E-state index in [9.17, 15) is 0 Å². The molecule has 0 spiro atoms. The molecule has 0 aromatic heterocycles. The summed E-state index contributed by atoms with van der Waals surface area (Å²) in [7, 11) is -0.356. The molecule has 0 bridgehead atoms. The van der Waals surface area contributed by atoms with Gasteiger partial charge in [-0.3, -0.25) is 0 Å². The largest absolute Gasteiger partial charge is 0.619 e. The van der Waals surface area contributed by atoms with E-state index in [-0.39, 0.29) is 51.0 Å². The first-order valence-electron chi connectivity index (χ1n) is 9.25. The van der Waals surface area contributed by atoms with Crippen LogP contribution in [0.5, 0.6) is 0 Å². The van der Waals surface area contributed by atoms with Gasteiger partial charge >= 0.3 is 7.12 Å². The van der Waals surface area contributed by atoms with Gasteiger partial charge in [0, 0.05) is 45.8 Å². The van der Waals surface area contributed by atoms with Crippen LogP contribution in [-0.4, -0.2) is 23.3 Å². The Bertz CT molecular complexity index is 800. The Balaban J connectivity index is 0.00000210. The second-order valence-corrected chi connectivity index (χ2v) is 8.27. The van der Waals surface area contributed by atoms with Gasteiger partial charge in [0.25, 0.3) is 0 Å². The van der Waals surface area contributed by atoms with Crippen LogP contribution in [0, 0.1) is 6.92 Å². The van der Waals surface area contributed by atoms with Gasteiger partial charge in [-0.15, -0.1) is 5.69 Å². The second kappa shape index (κ2) is 7.61. The minimum atomic E-state index is -0.356. The van der Waals surface area contributed by atoms with E-state index >= 15 is 0 Å². The zero-order valence-corrected chi connectivity index (χ0v) is 19.7. The number of fused-ring (bicyclic) bond motifs is 1. The van der Waals surface area contributed by atoms with E-state index in [2.05, 4.69) is 76.0 Å². The fourth-order valence-electron chi connectivity index (χ4n) is 3.51. The van der Waals surface area contributed by atoms with Gasteiger partial charge in [0.1, 0.15) is 0 Å². The molecule has 0 aliphatic carbocycles. The van der Waals surface area contributed by atoms with Crippen LogP contribution < -0.4 is 5.46 Å². The average Bonchev–Trinajstić information content (AvgIpc) is 3.06. The van der Waals surface area contributed by atoms with Crippen LogP contribution in [0.2, 0.25) is 0 Å². The summed E-state index contributed by atoms with van der Waals surface area (Å²) in [6.07, 6.45) is 0. The summed E-state index contributed by atoms with van der Waals surface area (Å²) >= 11 is 0. The molecule has 6 heteroatoms. The second-order valence-electron chi connectivity index (χ2n) is 8.27. The number of benzene rings is 2. The third-order valence-corrected chi connectivity index (χ3v) is 5.93. The van der Waals surface area contributed by atoms with Crippen molar-refractivity contribution in [3.05, 3.63) is 64.6 Å². The van der Waals surface area contributed by atoms with E-state index < -0.39 is 0 Å². The Morgan fingerprint density at radius 2 is 1.44 bits per heavy atom. The summed E-state index contributed by atoms with van der Waals surface area (Å²) in [6, 6.07) is 14.7. The molecule has 27 heavy (non-hydrogen) atoms. The first kappa shape index (κ1) is 21.0. The first-order valence-corrected chi connectivity index (χ1v) is 9.25. The van der Waals surface area contributed by atoms with Gasteiger partial charge in [-0.1, -0.05) is 48.0 Å². The minimum absolute atomic E-state index is 0. The standard InChI is InChI=1S/C21H26BN2O2.Y/c1-15-18(22-25-20(2,3)21(4,5)26-22)11-8-12-19(15)23-24-13-16-9-6-7-10-17(16)14-24;/h6-12H,13-14H2,1-5H3;/q-1;. The summed E-state index contributed by atoms with van der Waals surface area (Å²) in [5, 5.41) is 2.13. The van der Waals surface area contributed by atoms with Crippen LogP contribution in [-0.2, 0) is 55.1 Å². The normalized spacial score (nSPS) is 20.3. The third kappa shape index (κ3) is 3.90. The topological polar surface area (TPSA) is 35.8 Å². The maximum absolute atomic E-state index is 6.23. The van der Waals surface area contributed by atoms with Gasteiger partial charge in [0.2, 0.25) is 0 Å². The van der Waals surface area contributed by atoms with Crippen molar-refractivity contribution in [2.24, 2.45) is 0 Å². The van der Waals surface area contributed by atoms with Crippen molar-refractivity contribution in [2.45, 2.75) is 58.9 Å². The number of hydrogen-bond acceptors (Lipinski definition) is 3. The van der Waals surface area contributed by atoms with Gasteiger partial charge in [-0.25, -0.2) is 0 Å². The van der Waals surface area contributed by atoms with E-state index in [0.29, 0.717) is 0 Å². The molecular formula is C21H26BN2O2Y-. The Morgan fingerprint density at radius 3 is 2.00 bits per heavy atom. The van der Waals surface area contributed by atoms with Gasteiger partial charge in [0.15, 0.2) is 0 Å². The smallest absolute Gasteiger partial charge is 0.495 e. The molecule has 0 atom stereocenters. The molecule has 2 aromatic carbocycles. The zero-order valence-electron chi connectivity index (χ0n) is 16.8. The van der Waals surface area contributed by atoms with Crippen LogP contribution >= 0.6 is 0 Å². The molecule has 0 N–H and O–H groups in total. The van der Waals surface area contributed by atoms with Crippen molar-refractivity contribution < 1.29 is 42.0 Å². The van der Waals surface area contributed by atoms with Crippen LogP contribution in [0.25, 0.3) is 5.43 Å². The number of nitrogens with zero attached hydrogens (tertiary/aromatic N) is 2. The Kier molecular flexibility index (Phi) is 5.92. The van der Waals surface area contributed by atoms with Crippen molar-refractivity contribution in [1.82, 2.24) is 5.01 Å². The van der Waals surface area contributed by atoms with Gasteiger partial charge < -0.3 is 19.7 Å². The Labute approximate surface area is 188 Å². The maximum atomic E-state index is 6.23. The van der Waals surface area contributed by atoms with Crippen molar-refractivity contribution in [1.29, 1.82) is 0 Å². The van der Waals surface area contributed by atoms with Crippen LogP contribution in [0.1, 0.15) is 44.4 Å². The molecule has 4 nitrogen and oxygen atoms in total. The zero-order chi connectivity index (χ0) is 18.5. The van der Waals surface area contributed by atoms with Crippen LogP contribution in [0.4, 0.5) is 5.69 Å². The van der Waals surface area contributed by atoms with Crippen LogP contribution in [0.15, 0.2) is 42.5 Å². The van der Waals surface area contributed by atoms with E-state index in [1.165, 1.54) is 11.1 Å². The predicted octanol–water partition coefficient (Wildman–Crippen LogP) is 4.23. The Hall–Kier alpha value is -0.711. The summed E-state index contributed by atoms with van der Waals surface area (Å²) in [4.78, 5) is 0. The fourth-order valence-corrected chi connectivity index (χ4v) is 3.51. The molecule has 2 heterocycles. The third-order valence-electron chi connectivity index (χ3n) is 5.93. The molecule has 0 amide bonds. The Morgan fingerprint density at radius 1 is 0.889 bits per heavy atom. The van der Waals surface area contributed by atoms with Gasteiger partial charge in [-0.2, -0.15) is 0 Å². The van der Waals surface area contributed by atoms with Crippen molar-refractivity contribution in [2.75, 3.05) is 0 Å². The van der Waals surface area contributed by atoms with Gasteiger partial charge in [-0.05, 0) is 51.2 Å². The SMILES string of the molecule is Cc1c([N-]N2Cc3ccccc3C2)cccc1B1OC(C)(C)C(C)(C)O1.[Y]. The summed E-state index contributed by atoms with van der Waals surface area (Å²) < 4.78 is 12.5. The molecule has 2 aliphatic rings. The quantitative estimate of drug-likeness (QED) is 0.674. The molecule has 1 fully saturated rings. The maximum Gasteiger partial charge on any atom is 0.495 e. The molecule has 1 radical (unpaired) electrons. The van der Waals surface area contributed by atoms with E-state index in [1.807, 2.05) is 6.07 Å². The van der Waals surface area contributed by atoms with E-state index in [1.54, 1.807) is 0 Å². The number of hydrogen-bond donors (Lipinski definition) is 0. The summed E-state index contributed by atoms with van der Waals surface area (Å²) in [5.74, 6) is 0. The molecule has 1 saturated heterocycles. The van der Waals surface area contributed by atoms with E-state index in [4.69, 9.17) is 14.7 Å². The molecular weight excluding hydrogens is 412 g/mol. The fraction of sp³-hybridized carbons (Fsp3) is 0.429.